The van der Waals surface area contributed by atoms with Gasteiger partial charge in [-0.2, -0.15) is 0 Å². The molecule has 1 unspecified atom stereocenters. The van der Waals surface area contributed by atoms with E-state index in [0.717, 1.165) is 18.4 Å². The van der Waals surface area contributed by atoms with Gasteiger partial charge in [0.1, 0.15) is 4.83 Å². The van der Waals surface area contributed by atoms with Crippen molar-refractivity contribution in [1.82, 2.24) is 4.72 Å². The van der Waals surface area contributed by atoms with Gasteiger partial charge in [0.2, 0.25) is 10.0 Å². The van der Waals surface area contributed by atoms with E-state index in [1.807, 2.05) is 0 Å². The second kappa shape index (κ2) is 7.75. The van der Waals surface area contributed by atoms with Crippen molar-refractivity contribution < 1.29 is 17.9 Å². The van der Waals surface area contributed by atoms with Crippen molar-refractivity contribution in [2.45, 2.75) is 29.5 Å². The number of carbonyl (C=O) groups excluding carboxylic acids is 1. The average Bonchev–Trinajstić information content (AvgIpc) is 2.45. The summed E-state index contributed by atoms with van der Waals surface area (Å²) in [5.41, 5.74) is 1.10. The third-order valence-electron chi connectivity index (χ3n) is 2.68. The van der Waals surface area contributed by atoms with Crippen molar-refractivity contribution in [2.24, 2.45) is 0 Å². The van der Waals surface area contributed by atoms with Crippen LogP contribution in [0.3, 0.4) is 0 Å². The number of methoxy groups -OCH3 is 1. The molecule has 0 saturated carbocycles. The number of hydrogen-bond donors (Lipinski definition) is 1. The van der Waals surface area contributed by atoms with Crippen molar-refractivity contribution in [3.63, 3.8) is 0 Å². The molecule has 1 rings (SSSR count). The highest BCUT2D eigenvalue weighted by molar-refractivity contribution is 9.10. The Balaban J connectivity index is 2.71. The van der Waals surface area contributed by atoms with Gasteiger partial charge in [0.05, 0.1) is 12.0 Å². The van der Waals surface area contributed by atoms with Gasteiger partial charge in [-0.1, -0.05) is 41.4 Å². The van der Waals surface area contributed by atoms with E-state index >= 15 is 0 Å². The molecule has 1 aromatic rings. The highest BCUT2D eigenvalue weighted by Crippen LogP contribution is 2.12. The minimum Gasteiger partial charge on any atom is -0.468 e. The fourth-order valence-electron chi connectivity index (χ4n) is 1.60. The van der Waals surface area contributed by atoms with Gasteiger partial charge < -0.3 is 4.74 Å². The van der Waals surface area contributed by atoms with Crippen LogP contribution in [0.1, 0.15) is 18.9 Å². The maximum absolute atomic E-state index is 12.0. The number of sulfonamides is 1. The second-order valence-electron chi connectivity index (χ2n) is 4.24. The summed E-state index contributed by atoms with van der Waals surface area (Å²) in [5.74, 6) is -0.522. The van der Waals surface area contributed by atoms with Gasteiger partial charge in [0.15, 0.2) is 0 Å². The fraction of sp³-hybridized carbons (Fsp3) is 0.462. The van der Waals surface area contributed by atoms with Crippen LogP contribution in [-0.2, 0) is 26.0 Å². The third-order valence-corrected chi connectivity index (χ3v) is 4.82. The number of rotatable bonds is 7. The van der Waals surface area contributed by atoms with Crippen molar-refractivity contribution in [3.8, 4) is 0 Å². The normalized spacial score (nSPS) is 12.9. The van der Waals surface area contributed by atoms with E-state index in [0.29, 0.717) is 0 Å². The zero-order valence-electron chi connectivity index (χ0n) is 11.4. The molecule has 0 heterocycles. The van der Waals surface area contributed by atoms with Crippen molar-refractivity contribution in [2.75, 3.05) is 13.7 Å². The molecule has 1 atom stereocenters. The van der Waals surface area contributed by atoms with Crippen LogP contribution < -0.4 is 4.72 Å². The van der Waals surface area contributed by atoms with Gasteiger partial charge in [-0.15, -0.1) is 0 Å². The Hall–Kier alpha value is -0.920. The fourth-order valence-corrected chi connectivity index (χ4v) is 3.21. The maximum Gasteiger partial charge on any atom is 0.320 e. The van der Waals surface area contributed by atoms with Crippen molar-refractivity contribution >= 4 is 31.9 Å². The molecule has 0 aromatic heterocycles. The largest absolute Gasteiger partial charge is 0.468 e. The van der Waals surface area contributed by atoms with E-state index in [1.54, 1.807) is 24.3 Å². The summed E-state index contributed by atoms with van der Waals surface area (Å²) in [4.78, 5) is 10.7. The molecule has 112 valence electrons. The smallest absolute Gasteiger partial charge is 0.320 e. The number of halogens is 1. The van der Waals surface area contributed by atoms with Crippen molar-refractivity contribution in [1.29, 1.82) is 0 Å². The molecule has 7 heteroatoms. The predicted molar refractivity (Wildman–Crippen MR) is 80.4 cm³/mol. The molecule has 20 heavy (non-hydrogen) atoms. The van der Waals surface area contributed by atoms with Gasteiger partial charge in [0.25, 0.3) is 0 Å². The quantitative estimate of drug-likeness (QED) is 0.592. The van der Waals surface area contributed by atoms with Gasteiger partial charge in [0, 0.05) is 6.54 Å². The number of aryl methyl sites for hydroxylation is 1. The van der Waals surface area contributed by atoms with E-state index in [-0.39, 0.29) is 11.4 Å². The lowest BCUT2D eigenvalue weighted by atomic mass is 10.1. The number of alkyl halides is 1. The molecule has 0 fully saturated rings. The predicted octanol–water partition coefficient (Wildman–Crippen LogP) is 1.85. The second-order valence-corrected chi connectivity index (χ2v) is 7.11. The summed E-state index contributed by atoms with van der Waals surface area (Å²) in [5, 5.41) is 0. The van der Waals surface area contributed by atoms with E-state index in [4.69, 9.17) is 0 Å². The first-order chi connectivity index (χ1) is 9.40. The molecule has 0 radical (unpaired) electrons. The Kier molecular flexibility index (Phi) is 6.64. The van der Waals surface area contributed by atoms with Gasteiger partial charge in [-0.05, 0) is 24.1 Å². The van der Waals surface area contributed by atoms with Gasteiger partial charge in [-0.3, -0.25) is 4.79 Å². The van der Waals surface area contributed by atoms with Gasteiger partial charge >= 0.3 is 5.97 Å². The summed E-state index contributed by atoms with van der Waals surface area (Å²) in [7, 11) is -2.37. The van der Waals surface area contributed by atoms with E-state index < -0.39 is 20.8 Å². The van der Waals surface area contributed by atoms with Crippen LogP contribution in [0, 0.1) is 0 Å². The first-order valence-electron chi connectivity index (χ1n) is 6.21. The zero-order valence-corrected chi connectivity index (χ0v) is 13.8. The summed E-state index contributed by atoms with van der Waals surface area (Å²) in [6.45, 7) is 2.00. The Morgan fingerprint density at radius 3 is 2.45 bits per heavy atom. The zero-order chi connectivity index (χ0) is 15.2. The highest BCUT2D eigenvalue weighted by Gasteiger charge is 2.20. The summed E-state index contributed by atoms with van der Waals surface area (Å²) in [6.07, 6.45) is 1.92. The first kappa shape index (κ1) is 17.1. The summed E-state index contributed by atoms with van der Waals surface area (Å²) in [6, 6.07) is 6.72. The van der Waals surface area contributed by atoms with Gasteiger partial charge in [-0.25, -0.2) is 13.1 Å². The standard InChI is InChI=1S/C13H18BrNO4S/c1-3-4-10-5-7-11(8-6-10)20(17,18)15-9-12(14)13(16)19-2/h5-8,12,15H,3-4,9H2,1-2H3. The SMILES string of the molecule is CCCc1ccc(S(=O)(=O)NCC(Br)C(=O)OC)cc1. The number of hydrogen-bond acceptors (Lipinski definition) is 4. The van der Waals surface area contributed by atoms with Crippen LogP contribution in [0.15, 0.2) is 29.2 Å². The summed E-state index contributed by atoms with van der Waals surface area (Å²) >= 11 is 3.06. The van der Waals surface area contributed by atoms with E-state index in [9.17, 15) is 13.2 Å². The molecule has 0 aliphatic heterocycles. The highest BCUT2D eigenvalue weighted by atomic mass is 79.9. The van der Waals surface area contributed by atoms with Crippen LogP contribution in [0.2, 0.25) is 0 Å². The third kappa shape index (κ3) is 4.88. The first-order valence-corrected chi connectivity index (χ1v) is 8.61. The number of ether oxygens (including phenoxy) is 1. The lowest BCUT2D eigenvalue weighted by Crippen LogP contribution is -2.33. The van der Waals surface area contributed by atoms with Crippen molar-refractivity contribution in [3.05, 3.63) is 29.8 Å². The topological polar surface area (TPSA) is 72.5 Å². The Labute approximate surface area is 127 Å². The van der Waals surface area contributed by atoms with Crippen LogP contribution in [0.25, 0.3) is 0 Å². The molecular formula is C13H18BrNO4S. The van der Waals surface area contributed by atoms with E-state index in [1.165, 1.54) is 7.11 Å². The molecule has 0 saturated heterocycles. The molecule has 0 aliphatic carbocycles. The molecule has 0 aliphatic rings. The molecule has 0 spiro atoms. The van der Waals surface area contributed by atoms with Crippen LogP contribution in [0.5, 0.6) is 0 Å². The minimum atomic E-state index is -3.62. The number of nitrogens with one attached hydrogen (secondary N) is 1. The number of carbonyl (C=O) groups is 1. The molecule has 0 bridgehead atoms. The van der Waals surface area contributed by atoms with Crippen LogP contribution in [0.4, 0.5) is 0 Å². The number of esters is 1. The summed E-state index contributed by atoms with van der Waals surface area (Å²) < 4.78 is 30.9. The molecule has 0 amide bonds. The minimum absolute atomic E-state index is 0.0638. The molecule has 1 aromatic carbocycles. The Morgan fingerprint density at radius 2 is 1.95 bits per heavy atom. The molecule has 5 nitrogen and oxygen atoms in total. The van der Waals surface area contributed by atoms with E-state index in [2.05, 4.69) is 32.3 Å². The monoisotopic (exact) mass is 363 g/mol. The van der Waals surface area contributed by atoms with Crippen LogP contribution in [-0.4, -0.2) is 32.9 Å². The molecule has 1 N–H and O–H groups in total. The number of benzene rings is 1. The van der Waals surface area contributed by atoms with Crippen LogP contribution >= 0.6 is 15.9 Å². The average molecular weight is 364 g/mol. The lowest BCUT2D eigenvalue weighted by molar-refractivity contribution is -0.139. The molecular weight excluding hydrogens is 346 g/mol. The lowest BCUT2D eigenvalue weighted by Gasteiger charge is -2.10. The maximum atomic E-state index is 12.0. The Bertz CT molecular complexity index is 542. The Morgan fingerprint density at radius 1 is 1.35 bits per heavy atom.